The van der Waals surface area contributed by atoms with E-state index in [1.807, 2.05) is 36.4 Å². The number of nitrogens with zero attached hydrogens (tertiary/aromatic N) is 1. The SMILES string of the molecule is CC(C)(C)c1ccc(Nc2ccc(NC(=O)Nc3ccccc3)nc2)cc1. The summed E-state index contributed by atoms with van der Waals surface area (Å²) >= 11 is 0. The van der Waals surface area contributed by atoms with Crippen LogP contribution >= 0.6 is 0 Å². The van der Waals surface area contributed by atoms with Crippen LogP contribution < -0.4 is 16.0 Å². The molecule has 3 N–H and O–H groups in total. The molecule has 0 saturated carbocycles. The molecule has 5 nitrogen and oxygen atoms in total. The van der Waals surface area contributed by atoms with Crippen LogP contribution in [0.25, 0.3) is 0 Å². The Labute approximate surface area is 159 Å². The largest absolute Gasteiger partial charge is 0.354 e. The Morgan fingerprint density at radius 2 is 1.44 bits per heavy atom. The lowest BCUT2D eigenvalue weighted by Crippen LogP contribution is -2.19. The second-order valence-electron chi connectivity index (χ2n) is 7.33. The molecular weight excluding hydrogens is 336 g/mol. The number of aromatic nitrogens is 1. The summed E-state index contributed by atoms with van der Waals surface area (Å²) in [6, 6.07) is 20.9. The van der Waals surface area contributed by atoms with E-state index in [0.29, 0.717) is 5.82 Å². The van der Waals surface area contributed by atoms with Gasteiger partial charge in [0.15, 0.2) is 0 Å². The summed E-state index contributed by atoms with van der Waals surface area (Å²) < 4.78 is 0. The molecule has 0 atom stereocenters. The normalized spacial score (nSPS) is 10.9. The number of carbonyl (C=O) groups excluding carboxylic acids is 1. The van der Waals surface area contributed by atoms with Crippen molar-refractivity contribution in [2.24, 2.45) is 0 Å². The van der Waals surface area contributed by atoms with Gasteiger partial charge in [-0.05, 0) is 47.4 Å². The molecule has 1 aromatic heterocycles. The number of para-hydroxylation sites is 1. The molecule has 0 spiro atoms. The number of hydrogen-bond donors (Lipinski definition) is 3. The van der Waals surface area contributed by atoms with Gasteiger partial charge >= 0.3 is 6.03 Å². The summed E-state index contributed by atoms with van der Waals surface area (Å²) in [7, 11) is 0. The highest BCUT2D eigenvalue weighted by molar-refractivity contribution is 5.99. The molecule has 0 saturated heterocycles. The van der Waals surface area contributed by atoms with E-state index in [9.17, 15) is 4.79 Å². The highest BCUT2D eigenvalue weighted by Crippen LogP contribution is 2.25. The van der Waals surface area contributed by atoms with Crippen molar-refractivity contribution < 1.29 is 4.79 Å². The Morgan fingerprint density at radius 3 is 2.04 bits per heavy atom. The van der Waals surface area contributed by atoms with E-state index in [1.54, 1.807) is 12.3 Å². The average Bonchev–Trinajstić information content (AvgIpc) is 2.64. The van der Waals surface area contributed by atoms with Gasteiger partial charge in [-0.1, -0.05) is 51.1 Å². The molecule has 27 heavy (non-hydrogen) atoms. The van der Waals surface area contributed by atoms with Crippen molar-refractivity contribution >= 4 is 28.9 Å². The van der Waals surface area contributed by atoms with Crippen LogP contribution in [0.1, 0.15) is 26.3 Å². The van der Waals surface area contributed by atoms with Gasteiger partial charge in [-0.25, -0.2) is 9.78 Å². The van der Waals surface area contributed by atoms with Crippen LogP contribution in [0, 0.1) is 0 Å². The number of urea groups is 1. The summed E-state index contributed by atoms with van der Waals surface area (Å²) in [5, 5.41) is 8.79. The van der Waals surface area contributed by atoms with E-state index in [2.05, 4.69) is 66.0 Å². The van der Waals surface area contributed by atoms with Crippen LogP contribution in [0.3, 0.4) is 0 Å². The molecule has 3 aromatic rings. The molecule has 138 valence electrons. The van der Waals surface area contributed by atoms with Gasteiger partial charge in [0, 0.05) is 11.4 Å². The fourth-order valence-electron chi connectivity index (χ4n) is 2.56. The molecule has 0 radical (unpaired) electrons. The number of pyridine rings is 1. The maximum atomic E-state index is 12.0. The Kier molecular flexibility index (Phi) is 5.41. The first-order chi connectivity index (χ1) is 12.9. The lowest BCUT2D eigenvalue weighted by Gasteiger charge is -2.19. The summed E-state index contributed by atoms with van der Waals surface area (Å²) in [5.41, 5.74) is 4.00. The third-order valence-corrected chi connectivity index (χ3v) is 4.08. The van der Waals surface area contributed by atoms with Crippen LogP contribution in [-0.2, 0) is 5.41 Å². The molecule has 0 bridgehead atoms. The molecule has 3 rings (SSSR count). The zero-order chi connectivity index (χ0) is 19.3. The highest BCUT2D eigenvalue weighted by Gasteiger charge is 2.12. The quantitative estimate of drug-likeness (QED) is 0.553. The molecule has 0 fully saturated rings. The molecule has 0 unspecified atom stereocenters. The minimum atomic E-state index is -0.327. The monoisotopic (exact) mass is 360 g/mol. The van der Waals surface area contributed by atoms with E-state index in [0.717, 1.165) is 17.1 Å². The summed E-state index contributed by atoms with van der Waals surface area (Å²) in [5.74, 6) is 0.483. The number of carbonyl (C=O) groups is 1. The fraction of sp³-hybridized carbons (Fsp3) is 0.182. The molecule has 0 aliphatic heterocycles. The van der Waals surface area contributed by atoms with Gasteiger partial charge in [0.2, 0.25) is 0 Å². The predicted octanol–water partition coefficient (Wildman–Crippen LogP) is 5.77. The fourth-order valence-corrected chi connectivity index (χ4v) is 2.56. The number of rotatable bonds is 4. The van der Waals surface area contributed by atoms with Gasteiger partial charge in [0.25, 0.3) is 0 Å². The second kappa shape index (κ2) is 7.91. The first-order valence-electron chi connectivity index (χ1n) is 8.87. The summed E-state index contributed by atoms with van der Waals surface area (Å²) in [6.45, 7) is 6.58. The van der Waals surface area contributed by atoms with Gasteiger partial charge < -0.3 is 10.6 Å². The zero-order valence-electron chi connectivity index (χ0n) is 15.8. The van der Waals surface area contributed by atoms with Crippen molar-refractivity contribution in [1.82, 2.24) is 4.98 Å². The van der Waals surface area contributed by atoms with Crippen molar-refractivity contribution in [1.29, 1.82) is 0 Å². The Balaban J connectivity index is 1.58. The molecule has 1 heterocycles. The number of hydrogen-bond acceptors (Lipinski definition) is 3. The lowest BCUT2D eigenvalue weighted by atomic mass is 9.87. The maximum absolute atomic E-state index is 12.0. The molecular formula is C22H24N4O. The van der Waals surface area contributed by atoms with Gasteiger partial charge in [-0.2, -0.15) is 0 Å². The van der Waals surface area contributed by atoms with Crippen LogP contribution in [-0.4, -0.2) is 11.0 Å². The van der Waals surface area contributed by atoms with Gasteiger partial charge in [-0.3, -0.25) is 5.32 Å². The van der Waals surface area contributed by atoms with Gasteiger partial charge in [0.1, 0.15) is 5.82 Å². The lowest BCUT2D eigenvalue weighted by molar-refractivity contribution is 0.262. The van der Waals surface area contributed by atoms with Crippen LogP contribution in [0.15, 0.2) is 72.9 Å². The van der Waals surface area contributed by atoms with Gasteiger partial charge in [-0.15, -0.1) is 0 Å². The number of amides is 2. The minimum Gasteiger partial charge on any atom is -0.354 e. The number of anilines is 4. The smallest absolute Gasteiger partial charge is 0.324 e. The highest BCUT2D eigenvalue weighted by atomic mass is 16.2. The van der Waals surface area contributed by atoms with Crippen LogP contribution in [0.2, 0.25) is 0 Å². The second-order valence-corrected chi connectivity index (χ2v) is 7.33. The maximum Gasteiger partial charge on any atom is 0.324 e. The van der Waals surface area contributed by atoms with Crippen molar-refractivity contribution in [2.75, 3.05) is 16.0 Å². The van der Waals surface area contributed by atoms with E-state index >= 15 is 0 Å². The number of benzene rings is 2. The van der Waals surface area contributed by atoms with Crippen molar-refractivity contribution in [3.05, 3.63) is 78.5 Å². The molecule has 5 heteroatoms. The van der Waals surface area contributed by atoms with Crippen LogP contribution in [0.4, 0.5) is 27.7 Å². The topological polar surface area (TPSA) is 66.0 Å². The van der Waals surface area contributed by atoms with Crippen LogP contribution in [0.5, 0.6) is 0 Å². The van der Waals surface area contributed by atoms with Gasteiger partial charge in [0.05, 0.1) is 11.9 Å². The first-order valence-corrected chi connectivity index (χ1v) is 8.87. The first kappa shape index (κ1) is 18.5. The Morgan fingerprint density at radius 1 is 0.778 bits per heavy atom. The van der Waals surface area contributed by atoms with Crippen molar-refractivity contribution in [2.45, 2.75) is 26.2 Å². The molecule has 2 amide bonds. The third kappa shape index (κ3) is 5.31. The molecule has 2 aromatic carbocycles. The van der Waals surface area contributed by atoms with E-state index < -0.39 is 0 Å². The Bertz CT molecular complexity index is 882. The number of nitrogens with one attached hydrogen (secondary N) is 3. The third-order valence-electron chi connectivity index (χ3n) is 4.08. The van der Waals surface area contributed by atoms with E-state index in [-0.39, 0.29) is 11.4 Å². The predicted molar refractivity (Wildman–Crippen MR) is 112 cm³/mol. The molecule has 0 aliphatic rings. The average molecular weight is 360 g/mol. The summed E-state index contributed by atoms with van der Waals surface area (Å²) in [4.78, 5) is 16.3. The minimum absolute atomic E-state index is 0.133. The van der Waals surface area contributed by atoms with Crippen molar-refractivity contribution in [3.8, 4) is 0 Å². The summed E-state index contributed by atoms with van der Waals surface area (Å²) in [6.07, 6.45) is 1.69. The standard InChI is InChI=1S/C22H24N4O/c1-22(2,3)16-9-11-18(12-10-16)24-19-13-14-20(23-15-19)26-21(27)25-17-7-5-4-6-8-17/h4-15,24H,1-3H3,(H2,23,25,26,27). The van der Waals surface area contributed by atoms with E-state index in [4.69, 9.17) is 0 Å². The zero-order valence-corrected chi connectivity index (χ0v) is 15.8. The van der Waals surface area contributed by atoms with E-state index in [1.165, 1.54) is 5.56 Å². The Hall–Kier alpha value is -3.34. The van der Waals surface area contributed by atoms with Crippen molar-refractivity contribution in [3.63, 3.8) is 0 Å². The molecule has 0 aliphatic carbocycles.